The van der Waals surface area contributed by atoms with Crippen LogP contribution in [-0.2, 0) is 6.42 Å². The summed E-state index contributed by atoms with van der Waals surface area (Å²) in [4.78, 5) is 28.8. The second kappa shape index (κ2) is 5.32. The minimum Gasteiger partial charge on any atom is -0.297 e. The van der Waals surface area contributed by atoms with Gasteiger partial charge in [0, 0.05) is 13.1 Å². The fourth-order valence-corrected chi connectivity index (χ4v) is 3.59. The second-order valence-corrected chi connectivity index (χ2v) is 6.21. The Morgan fingerprint density at radius 3 is 2.26 bits per heavy atom. The van der Waals surface area contributed by atoms with Crippen LogP contribution in [0, 0.1) is 0 Å². The zero-order valence-electron chi connectivity index (χ0n) is 13.0. The highest BCUT2D eigenvalue weighted by atomic mass is 16.2. The Hall–Kier alpha value is -2.46. The molecule has 2 aliphatic rings. The van der Waals surface area contributed by atoms with Gasteiger partial charge in [0.2, 0.25) is 0 Å². The molecule has 0 saturated heterocycles. The summed E-state index contributed by atoms with van der Waals surface area (Å²) < 4.78 is 0. The van der Waals surface area contributed by atoms with Crippen LogP contribution < -0.4 is 0 Å². The molecule has 4 heteroatoms. The number of likely N-dealkylation sites (N-methyl/N-ethyl adjacent to an activating group) is 1. The molecule has 0 aromatic heterocycles. The van der Waals surface area contributed by atoms with Crippen LogP contribution in [0.5, 0.6) is 0 Å². The van der Waals surface area contributed by atoms with Crippen molar-refractivity contribution in [1.29, 1.82) is 0 Å². The van der Waals surface area contributed by atoms with E-state index >= 15 is 0 Å². The lowest BCUT2D eigenvalue weighted by Gasteiger charge is -2.36. The van der Waals surface area contributed by atoms with Gasteiger partial charge in [-0.1, -0.05) is 36.4 Å². The number of rotatable bonds is 2. The van der Waals surface area contributed by atoms with Gasteiger partial charge in [0.05, 0.1) is 17.2 Å². The van der Waals surface area contributed by atoms with Gasteiger partial charge in [0.1, 0.15) is 0 Å². The summed E-state index contributed by atoms with van der Waals surface area (Å²) in [5.74, 6) is -0.357. The van der Waals surface area contributed by atoms with E-state index in [0.29, 0.717) is 17.7 Å². The van der Waals surface area contributed by atoms with E-state index in [9.17, 15) is 9.59 Å². The summed E-state index contributed by atoms with van der Waals surface area (Å²) in [5, 5.41) is 0. The molecule has 0 saturated carbocycles. The molecule has 1 atom stereocenters. The van der Waals surface area contributed by atoms with Crippen LogP contribution in [0.1, 0.15) is 37.9 Å². The second-order valence-electron chi connectivity index (χ2n) is 6.21. The monoisotopic (exact) mass is 306 g/mol. The van der Waals surface area contributed by atoms with E-state index in [-0.39, 0.29) is 17.9 Å². The first-order valence-electron chi connectivity index (χ1n) is 7.90. The standard InChI is InChI=1S/C19H18N2O2/c1-20-11-10-13-6-2-3-7-14(13)17(20)12-21-18(22)15-8-4-5-9-16(15)19(21)23/h2-9,17H,10-12H2,1H3/t17-/m0/s1. The normalized spacial score (nSPS) is 20.6. The molecule has 116 valence electrons. The Morgan fingerprint density at radius 2 is 1.57 bits per heavy atom. The molecule has 0 bridgehead atoms. The predicted octanol–water partition coefficient (Wildman–Crippen LogP) is 2.51. The van der Waals surface area contributed by atoms with Crippen molar-refractivity contribution in [1.82, 2.24) is 9.80 Å². The summed E-state index contributed by atoms with van der Waals surface area (Å²) in [7, 11) is 2.05. The molecule has 2 amide bonds. The third kappa shape index (κ3) is 2.18. The van der Waals surface area contributed by atoms with Crippen molar-refractivity contribution in [2.75, 3.05) is 20.1 Å². The Balaban J connectivity index is 1.67. The van der Waals surface area contributed by atoms with Crippen LogP contribution in [0.2, 0.25) is 0 Å². The molecule has 0 N–H and O–H groups in total. The summed E-state index contributed by atoms with van der Waals surface area (Å²) >= 11 is 0. The maximum absolute atomic E-state index is 12.6. The molecule has 0 fully saturated rings. The minimum atomic E-state index is -0.179. The van der Waals surface area contributed by atoms with Gasteiger partial charge in [0.15, 0.2) is 0 Å². The van der Waals surface area contributed by atoms with Crippen LogP contribution >= 0.6 is 0 Å². The number of fused-ring (bicyclic) bond motifs is 2. The molecule has 2 aliphatic heterocycles. The van der Waals surface area contributed by atoms with Gasteiger partial charge in [-0.3, -0.25) is 19.4 Å². The number of imide groups is 1. The van der Waals surface area contributed by atoms with E-state index in [1.165, 1.54) is 16.0 Å². The van der Waals surface area contributed by atoms with E-state index < -0.39 is 0 Å². The van der Waals surface area contributed by atoms with Gasteiger partial charge in [-0.25, -0.2) is 0 Å². The molecule has 2 heterocycles. The summed E-state index contributed by atoms with van der Waals surface area (Å²) in [6, 6.07) is 15.4. The van der Waals surface area contributed by atoms with Gasteiger partial charge in [-0.2, -0.15) is 0 Å². The van der Waals surface area contributed by atoms with Crippen molar-refractivity contribution in [2.45, 2.75) is 12.5 Å². The molecule has 0 unspecified atom stereocenters. The van der Waals surface area contributed by atoms with Crippen molar-refractivity contribution in [3.8, 4) is 0 Å². The maximum Gasteiger partial charge on any atom is 0.261 e. The first kappa shape index (κ1) is 14.2. The lowest BCUT2D eigenvalue weighted by Crippen LogP contribution is -2.42. The van der Waals surface area contributed by atoms with Gasteiger partial charge in [-0.15, -0.1) is 0 Å². The van der Waals surface area contributed by atoms with Crippen LogP contribution in [-0.4, -0.2) is 41.8 Å². The zero-order valence-corrected chi connectivity index (χ0v) is 13.0. The number of carbonyl (C=O) groups excluding carboxylic acids is 2. The molecular weight excluding hydrogens is 288 g/mol. The van der Waals surface area contributed by atoms with E-state index in [4.69, 9.17) is 0 Å². The summed E-state index contributed by atoms with van der Waals surface area (Å²) in [6.45, 7) is 1.34. The van der Waals surface area contributed by atoms with E-state index in [1.807, 2.05) is 12.1 Å². The summed E-state index contributed by atoms with van der Waals surface area (Å²) in [6.07, 6.45) is 1.01. The Morgan fingerprint density at radius 1 is 0.957 bits per heavy atom. The van der Waals surface area contributed by atoms with Gasteiger partial charge in [-0.05, 0) is 36.7 Å². The van der Waals surface area contributed by atoms with Gasteiger partial charge >= 0.3 is 0 Å². The number of amides is 2. The van der Waals surface area contributed by atoms with Crippen molar-refractivity contribution in [3.05, 3.63) is 70.8 Å². The molecule has 2 aromatic rings. The summed E-state index contributed by atoms with van der Waals surface area (Å²) in [5.41, 5.74) is 3.57. The fraction of sp³-hybridized carbons (Fsp3) is 0.263. The number of hydrogen-bond acceptors (Lipinski definition) is 3. The van der Waals surface area contributed by atoms with E-state index in [2.05, 4.69) is 24.1 Å². The number of benzene rings is 2. The van der Waals surface area contributed by atoms with Crippen molar-refractivity contribution >= 4 is 11.8 Å². The fourth-order valence-electron chi connectivity index (χ4n) is 3.59. The average Bonchev–Trinajstić information content (AvgIpc) is 2.82. The Labute approximate surface area is 135 Å². The van der Waals surface area contributed by atoms with E-state index in [1.54, 1.807) is 24.3 Å². The molecule has 23 heavy (non-hydrogen) atoms. The third-order valence-corrected chi connectivity index (χ3v) is 4.91. The lowest BCUT2D eigenvalue weighted by molar-refractivity contribution is 0.0596. The molecule has 0 aliphatic carbocycles. The maximum atomic E-state index is 12.6. The third-order valence-electron chi connectivity index (χ3n) is 4.91. The van der Waals surface area contributed by atoms with Gasteiger partial charge in [0.25, 0.3) is 11.8 Å². The van der Waals surface area contributed by atoms with Crippen LogP contribution in [0.25, 0.3) is 0 Å². The first-order chi connectivity index (χ1) is 11.2. The molecule has 2 aromatic carbocycles. The minimum absolute atomic E-state index is 0.0576. The Kier molecular flexibility index (Phi) is 3.27. The Bertz CT molecular complexity index is 764. The average molecular weight is 306 g/mol. The molecule has 0 spiro atoms. The molecule has 4 rings (SSSR count). The number of nitrogens with zero attached hydrogens (tertiary/aromatic N) is 2. The highest BCUT2D eigenvalue weighted by Gasteiger charge is 2.38. The highest BCUT2D eigenvalue weighted by Crippen LogP contribution is 2.32. The quantitative estimate of drug-likeness (QED) is 0.801. The number of hydrogen-bond donors (Lipinski definition) is 0. The van der Waals surface area contributed by atoms with Crippen LogP contribution in [0.3, 0.4) is 0 Å². The SMILES string of the molecule is CN1CCc2ccccc2[C@@H]1CN1C(=O)c2ccccc2C1=O. The molecule has 0 radical (unpaired) electrons. The van der Waals surface area contributed by atoms with Gasteiger partial charge < -0.3 is 0 Å². The lowest BCUT2D eigenvalue weighted by atomic mass is 9.92. The topological polar surface area (TPSA) is 40.6 Å². The van der Waals surface area contributed by atoms with Crippen LogP contribution in [0.4, 0.5) is 0 Å². The van der Waals surface area contributed by atoms with Crippen LogP contribution in [0.15, 0.2) is 48.5 Å². The van der Waals surface area contributed by atoms with Crippen molar-refractivity contribution in [3.63, 3.8) is 0 Å². The predicted molar refractivity (Wildman–Crippen MR) is 87.3 cm³/mol. The smallest absolute Gasteiger partial charge is 0.261 e. The largest absolute Gasteiger partial charge is 0.297 e. The highest BCUT2D eigenvalue weighted by molar-refractivity contribution is 6.21. The number of carbonyl (C=O) groups is 2. The first-order valence-corrected chi connectivity index (χ1v) is 7.90. The molecular formula is C19H18N2O2. The van der Waals surface area contributed by atoms with E-state index in [0.717, 1.165) is 13.0 Å². The molecule has 4 nitrogen and oxygen atoms in total. The van der Waals surface area contributed by atoms with Crippen molar-refractivity contribution in [2.24, 2.45) is 0 Å². The zero-order chi connectivity index (χ0) is 16.0. The van der Waals surface area contributed by atoms with Crippen molar-refractivity contribution < 1.29 is 9.59 Å².